The highest BCUT2D eigenvalue weighted by Crippen LogP contribution is 1.78. The standard InChI is InChI=1S/C5H12N10O4/c1-3(9-11-5(7)13-15(18)19)2-8-10-4(6)12-14(16)17/h2H,1H3,(H,16,17)(H,18,19)(H3,6,10,12)(H3,7,11,13)/q+2/b8-2+,9-3+. The van der Waals surface area contributed by atoms with Crippen molar-refractivity contribution in [2.75, 3.05) is 0 Å². The van der Waals surface area contributed by atoms with Crippen molar-refractivity contribution in [1.82, 2.24) is 10.9 Å². The van der Waals surface area contributed by atoms with Gasteiger partial charge in [-0.25, -0.2) is 10.4 Å². The van der Waals surface area contributed by atoms with E-state index in [1.54, 1.807) is 10.9 Å². The predicted octanol–water partition coefficient (Wildman–Crippen LogP) is -2.68. The molecule has 0 fully saturated rings. The molecule has 14 heteroatoms. The summed E-state index contributed by atoms with van der Waals surface area (Å²) in [6, 6.07) is 0. The molecule has 0 aromatic rings. The lowest BCUT2D eigenvalue weighted by Crippen LogP contribution is -2.37. The molecule has 0 rings (SSSR count). The fraction of sp³-hybridized carbons (Fsp3) is 0.200. The molecule has 0 aliphatic carbocycles. The van der Waals surface area contributed by atoms with Gasteiger partial charge in [0.2, 0.25) is 0 Å². The third kappa shape index (κ3) is 9.60. The molecule has 0 bridgehead atoms. The van der Waals surface area contributed by atoms with Crippen molar-refractivity contribution < 1.29 is 20.5 Å². The first-order valence-electron chi connectivity index (χ1n) is 4.41. The van der Waals surface area contributed by atoms with Gasteiger partial charge in [-0.3, -0.25) is 0 Å². The van der Waals surface area contributed by atoms with Gasteiger partial charge in [-0.05, 0) is 17.8 Å². The molecule has 0 saturated carbocycles. The van der Waals surface area contributed by atoms with Crippen molar-refractivity contribution in [2.24, 2.45) is 31.9 Å². The third-order valence-corrected chi connectivity index (χ3v) is 1.15. The van der Waals surface area contributed by atoms with Crippen LogP contribution in [-0.4, -0.2) is 44.3 Å². The van der Waals surface area contributed by atoms with Crippen LogP contribution in [0.4, 0.5) is 0 Å². The first kappa shape index (κ1) is 15.7. The molecule has 104 valence electrons. The molecule has 0 amide bonds. The number of nitrogens with zero attached hydrogens (tertiary/aromatic N) is 6. The van der Waals surface area contributed by atoms with E-state index >= 15 is 0 Å². The van der Waals surface area contributed by atoms with Gasteiger partial charge in [-0.15, -0.1) is 10.2 Å². The monoisotopic (exact) mass is 276 g/mol. The lowest BCUT2D eigenvalue weighted by atomic mass is 10.5. The van der Waals surface area contributed by atoms with E-state index in [0.717, 1.165) is 6.21 Å². The molecular weight excluding hydrogens is 264 g/mol. The van der Waals surface area contributed by atoms with E-state index in [2.05, 4.69) is 20.4 Å². The average Bonchev–Trinajstić information content (AvgIpc) is 2.24. The summed E-state index contributed by atoms with van der Waals surface area (Å²) in [7, 11) is 0. The molecule has 0 heterocycles. The molecule has 0 aliphatic heterocycles. The van der Waals surface area contributed by atoms with Crippen LogP contribution in [0.5, 0.6) is 0 Å². The zero-order chi connectivity index (χ0) is 14.8. The Hall–Kier alpha value is -3.32. The number of hydrogen-bond acceptors (Lipinski definition) is 6. The molecule has 0 radical (unpaired) electrons. The molecule has 8 N–H and O–H groups in total. The topological polar surface area (TPSA) is 206 Å². The lowest BCUT2D eigenvalue weighted by molar-refractivity contribution is -0.822. The summed E-state index contributed by atoms with van der Waals surface area (Å²) in [6.45, 7) is 1.46. The molecule has 0 spiro atoms. The van der Waals surface area contributed by atoms with Crippen LogP contribution in [0.1, 0.15) is 6.92 Å². The van der Waals surface area contributed by atoms with Crippen molar-refractivity contribution in [3.63, 3.8) is 0 Å². The molecule has 0 aromatic heterocycles. The second kappa shape index (κ2) is 7.87. The summed E-state index contributed by atoms with van der Waals surface area (Å²) in [5.74, 6) is -0.925. The maximum Gasteiger partial charge on any atom is 0.362 e. The van der Waals surface area contributed by atoms with Gasteiger partial charge in [-0.1, -0.05) is 0 Å². The first-order chi connectivity index (χ1) is 8.81. The summed E-state index contributed by atoms with van der Waals surface area (Å²) >= 11 is 0. The normalized spacial score (nSPS) is 13.4. The van der Waals surface area contributed by atoms with Crippen molar-refractivity contribution in [2.45, 2.75) is 6.92 Å². The van der Waals surface area contributed by atoms with Gasteiger partial charge in [0.1, 0.15) is 9.81 Å². The maximum atomic E-state index is 10.1. The van der Waals surface area contributed by atoms with Crippen molar-refractivity contribution >= 4 is 23.8 Å². The molecule has 0 saturated heterocycles. The number of hydrazine groups is 2. The second-order valence-corrected chi connectivity index (χ2v) is 2.73. The van der Waals surface area contributed by atoms with Crippen molar-refractivity contribution in [1.29, 1.82) is 0 Å². The minimum atomic E-state index is -0.657. The van der Waals surface area contributed by atoms with Crippen LogP contribution >= 0.6 is 0 Å². The van der Waals surface area contributed by atoms with Gasteiger partial charge < -0.3 is 11.5 Å². The average molecular weight is 276 g/mol. The number of guanidine groups is 2. The van der Waals surface area contributed by atoms with Crippen LogP contribution in [0, 0.1) is 9.81 Å². The summed E-state index contributed by atoms with van der Waals surface area (Å²) in [5.41, 5.74) is 13.8. The molecule has 0 aromatic carbocycles. The maximum absolute atomic E-state index is 10.1. The Morgan fingerprint density at radius 1 is 1.05 bits per heavy atom. The van der Waals surface area contributed by atoms with E-state index in [1.807, 2.05) is 0 Å². The Labute approximate surface area is 105 Å². The van der Waals surface area contributed by atoms with Gasteiger partial charge >= 0.3 is 10.1 Å². The highest BCUT2D eigenvalue weighted by Gasteiger charge is 2.04. The number of rotatable bonds is 5. The van der Waals surface area contributed by atoms with Gasteiger partial charge in [0, 0.05) is 0 Å². The van der Waals surface area contributed by atoms with Gasteiger partial charge in [0.25, 0.3) is 11.9 Å². The van der Waals surface area contributed by atoms with Gasteiger partial charge in [0.15, 0.2) is 0 Å². The van der Waals surface area contributed by atoms with Crippen LogP contribution in [-0.2, 0) is 0 Å². The summed E-state index contributed by atoms with van der Waals surface area (Å²) in [5, 5.41) is 28.5. The fourth-order valence-electron chi connectivity index (χ4n) is 0.574. The van der Waals surface area contributed by atoms with E-state index in [0.29, 0.717) is 0 Å². The molecule has 14 nitrogen and oxygen atoms in total. The Bertz CT molecular complexity index is 465. The van der Waals surface area contributed by atoms with Crippen LogP contribution in [0.15, 0.2) is 20.4 Å². The van der Waals surface area contributed by atoms with E-state index in [4.69, 9.17) is 21.9 Å². The van der Waals surface area contributed by atoms with E-state index in [-0.39, 0.29) is 5.71 Å². The predicted molar refractivity (Wildman–Crippen MR) is 61.9 cm³/mol. The number of nitrogens with two attached hydrogens (primary N) is 2. The van der Waals surface area contributed by atoms with Crippen LogP contribution in [0.2, 0.25) is 0 Å². The molecular formula is C5H12N10O4+2. The van der Waals surface area contributed by atoms with E-state index in [1.165, 1.54) is 6.92 Å². The largest absolute Gasteiger partial charge is 0.364 e. The summed E-state index contributed by atoms with van der Waals surface area (Å²) in [4.78, 5) is 20.1. The Morgan fingerprint density at radius 2 is 1.53 bits per heavy atom. The number of nitrogens with one attached hydrogen (secondary N) is 2. The zero-order valence-electron chi connectivity index (χ0n) is 9.63. The van der Waals surface area contributed by atoms with Gasteiger partial charge in [0.05, 0.1) is 11.9 Å². The SMILES string of the molecule is CC(/C=N/N=C(\N)N[N+](=O)O)=N\N=C(/N)N[N+](=O)O. The summed E-state index contributed by atoms with van der Waals surface area (Å²) < 4.78 is 0. The fourth-order valence-corrected chi connectivity index (χ4v) is 0.574. The Balaban J connectivity index is 4.48. The molecule has 0 unspecified atom stereocenters. The van der Waals surface area contributed by atoms with Gasteiger partial charge in [-0.2, -0.15) is 10.2 Å². The summed E-state index contributed by atoms with van der Waals surface area (Å²) in [6.07, 6.45) is 1.09. The zero-order valence-corrected chi connectivity index (χ0v) is 9.63. The van der Waals surface area contributed by atoms with E-state index in [9.17, 15) is 9.81 Å². The quantitative estimate of drug-likeness (QED) is 0.177. The Morgan fingerprint density at radius 3 is 2.00 bits per heavy atom. The van der Waals surface area contributed by atoms with Crippen LogP contribution in [0.25, 0.3) is 0 Å². The second-order valence-electron chi connectivity index (χ2n) is 2.73. The molecule has 19 heavy (non-hydrogen) atoms. The highest BCUT2D eigenvalue weighted by molar-refractivity contribution is 6.29. The van der Waals surface area contributed by atoms with Crippen LogP contribution in [0.3, 0.4) is 0 Å². The molecule has 0 aliphatic rings. The minimum Gasteiger partial charge on any atom is -0.364 e. The highest BCUT2D eigenvalue weighted by atomic mass is 16.7. The molecule has 0 atom stereocenters. The van der Waals surface area contributed by atoms with Crippen molar-refractivity contribution in [3.8, 4) is 0 Å². The van der Waals surface area contributed by atoms with Crippen molar-refractivity contribution in [3.05, 3.63) is 9.81 Å². The lowest BCUT2D eigenvalue weighted by Gasteiger charge is -1.89. The minimum absolute atomic E-state index is 0.208. The smallest absolute Gasteiger partial charge is 0.362 e. The third-order valence-electron chi connectivity index (χ3n) is 1.15. The van der Waals surface area contributed by atoms with Crippen LogP contribution < -0.4 is 22.3 Å². The van der Waals surface area contributed by atoms with E-state index < -0.39 is 22.0 Å². The number of hydrogen-bond donors (Lipinski definition) is 6. The first-order valence-corrected chi connectivity index (χ1v) is 4.41. The Kier molecular flexibility index (Phi) is 6.50.